The number of hydrogen-bond acceptors (Lipinski definition) is 3. The number of nitrogens with one attached hydrogen (secondary N) is 1. The normalized spacial score (nSPS) is 11.0. The molecular weight excluding hydrogens is 352 g/mol. The van der Waals surface area contributed by atoms with Crippen molar-refractivity contribution >= 4 is 17.9 Å². The molecule has 0 amide bonds. The Hall–Kier alpha value is -2.40. The third-order valence-corrected chi connectivity index (χ3v) is 5.36. The molecule has 0 atom stereocenters. The highest BCUT2D eigenvalue weighted by atomic mass is 32.1. The van der Waals surface area contributed by atoms with Gasteiger partial charge in [0.1, 0.15) is 0 Å². The van der Waals surface area contributed by atoms with Gasteiger partial charge in [-0.1, -0.05) is 19.9 Å². The number of rotatable bonds is 6. The van der Waals surface area contributed by atoms with Crippen molar-refractivity contribution in [1.82, 2.24) is 14.8 Å². The molecule has 0 radical (unpaired) electrons. The van der Waals surface area contributed by atoms with Crippen molar-refractivity contribution in [1.29, 1.82) is 0 Å². The van der Waals surface area contributed by atoms with Crippen molar-refractivity contribution in [3.05, 3.63) is 57.9 Å². The van der Waals surface area contributed by atoms with Gasteiger partial charge in [0.2, 0.25) is 0 Å². The molecule has 3 aromatic rings. The number of nitrogens with zero attached hydrogens (tertiary/aromatic N) is 3. The van der Waals surface area contributed by atoms with Crippen LogP contribution >= 0.6 is 12.2 Å². The summed E-state index contributed by atoms with van der Waals surface area (Å²) in [6, 6.07) is 13.0. The van der Waals surface area contributed by atoms with Crippen molar-refractivity contribution in [3.8, 4) is 17.1 Å². The summed E-state index contributed by atoms with van der Waals surface area (Å²) in [4.78, 5) is 2.26. The summed E-state index contributed by atoms with van der Waals surface area (Å²) in [6.45, 7) is 9.71. The fourth-order valence-electron chi connectivity index (χ4n) is 3.56. The van der Waals surface area contributed by atoms with Gasteiger partial charge in [0.05, 0.1) is 5.69 Å². The molecule has 5 heteroatoms. The summed E-state index contributed by atoms with van der Waals surface area (Å²) in [6.07, 6.45) is 2.13. The zero-order valence-corrected chi connectivity index (χ0v) is 17.7. The smallest absolute Gasteiger partial charge is 0.200 e. The predicted molar refractivity (Wildman–Crippen MR) is 117 cm³/mol. The van der Waals surface area contributed by atoms with Gasteiger partial charge in [-0.3, -0.25) is 9.67 Å². The third-order valence-electron chi connectivity index (χ3n) is 5.08. The Morgan fingerprint density at radius 3 is 2.41 bits per heavy atom. The predicted octanol–water partition coefficient (Wildman–Crippen LogP) is 5.62. The van der Waals surface area contributed by atoms with Gasteiger partial charge in [-0.05, 0) is 85.9 Å². The highest BCUT2D eigenvalue weighted by molar-refractivity contribution is 7.71. The second kappa shape index (κ2) is 8.09. The molecule has 0 aliphatic rings. The number of hydrogen-bond donors (Lipinski definition) is 1. The summed E-state index contributed by atoms with van der Waals surface area (Å²) in [5, 5.41) is 7.53. The monoisotopic (exact) mass is 380 g/mol. The van der Waals surface area contributed by atoms with Gasteiger partial charge < -0.3 is 4.90 Å². The summed E-state index contributed by atoms with van der Waals surface area (Å²) in [5.74, 6) is 0.863. The lowest BCUT2D eigenvalue weighted by atomic mass is 9.98. The van der Waals surface area contributed by atoms with Crippen LogP contribution < -0.4 is 4.90 Å². The van der Waals surface area contributed by atoms with Crippen molar-refractivity contribution in [3.63, 3.8) is 0 Å². The number of aromatic nitrogens is 3. The number of aryl methyl sites for hydroxylation is 3. The van der Waals surface area contributed by atoms with Crippen LogP contribution in [0.4, 0.5) is 5.69 Å². The van der Waals surface area contributed by atoms with Gasteiger partial charge in [0.25, 0.3) is 0 Å². The lowest BCUT2D eigenvalue weighted by Gasteiger charge is -2.19. The summed E-state index contributed by atoms with van der Waals surface area (Å²) in [5.41, 5.74) is 7.22. The van der Waals surface area contributed by atoms with Gasteiger partial charge in [-0.25, -0.2) is 0 Å². The minimum Gasteiger partial charge on any atom is -0.375 e. The van der Waals surface area contributed by atoms with Gasteiger partial charge in [-0.2, -0.15) is 5.10 Å². The average Bonchev–Trinajstić information content (AvgIpc) is 3.03. The Labute approximate surface area is 166 Å². The summed E-state index contributed by atoms with van der Waals surface area (Å²) in [7, 11) is 2.12. The first kappa shape index (κ1) is 19.4. The number of anilines is 1. The van der Waals surface area contributed by atoms with Crippen molar-refractivity contribution in [2.45, 2.75) is 40.5 Å². The van der Waals surface area contributed by atoms with Crippen LogP contribution in [0.25, 0.3) is 17.1 Å². The topological polar surface area (TPSA) is 36.9 Å². The second-order valence-electron chi connectivity index (χ2n) is 7.07. The second-order valence-corrected chi connectivity index (χ2v) is 7.46. The third kappa shape index (κ3) is 3.83. The fraction of sp³-hybridized carbons (Fsp3) is 0.364. The first-order valence-corrected chi connectivity index (χ1v) is 9.96. The van der Waals surface area contributed by atoms with Crippen LogP contribution in [0.2, 0.25) is 0 Å². The highest BCUT2D eigenvalue weighted by Gasteiger charge is 2.15. The SMILES string of the molecule is CCCN(C)c1ccc(-n2c(-c3cc(CC)c(C)cc3C)n[nH]c2=S)cc1. The standard InChI is InChI=1S/C22H28N4S/c1-6-12-25(5)18-8-10-19(11-9-18)26-21(23-24-22(26)27)20-14-17(7-2)15(3)13-16(20)4/h8-11,13-14H,6-7,12H2,1-5H3,(H,24,27). The van der Waals surface area contributed by atoms with Gasteiger partial charge in [0.15, 0.2) is 10.6 Å². The molecule has 1 heterocycles. The summed E-state index contributed by atoms with van der Waals surface area (Å²) < 4.78 is 2.63. The van der Waals surface area contributed by atoms with E-state index in [0.717, 1.165) is 36.5 Å². The van der Waals surface area contributed by atoms with Gasteiger partial charge >= 0.3 is 0 Å². The molecule has 1 N–H and O–H groups in total. The molecule has 0 unspecified atom stereocenters. The van der Waals surface area contributed by atoms with Crippen molar-refractivity contribution in [2.75, 3.05) is 18.5 Å². The van der Waals surface area contributed by atoms with E-state index in [-0.39, 0.29) is 0 Å². The molecule has 27 heavy (non-hydrogen) atoms. The average molecular weight is 381 g/mol. The number of aromatic amines is 1. The summed E-state index contributed by atoms with van der Waals surface area (Å²) >= 11 is 5.55. The lowest BCUT2D eigenvalue weighted by Crippen LogP contribution is -2.17. The minimum absolute atomic E-state index is 0.609. The Morgan fingerprint density at radius 1 is 1.07 bits per heavy atom. The van der Waals surface area contributed by atoms with Crippen molar-refractivity contribution < 1.29 is 0 Å². The lowest BCUT2D eigenvalue weighted by molar-refractivity contribution is 0.852. The van der Waals surface area contributed by atoms with Crippen LogP contribution in [0.5, 0.6) is 0 Å². The zero-order valence-electron chi connectivity index (χ0n) is 16.8. The van der Waals surface area contributed by atoms with E-state index in [0.29, 0.717) is 4.77 Å². The van der Waals surface area contributed by atoms with E-state index in [9.17, 15) is 0 Å². The molecule has 0 aliphatic heterocycles. The molecule has 0 saturated heterocycles. The Kier molecular flexibility index (Phi) is 5.80. The molecule has 4 nitrogen and oxygen atoms in total. The van der Waals surface area contributed by atoms with E-state index >= 15 is 0 Å². The minimum atomic E-state index is 0.609. The first-order valence-electron chi connectivity index (χ1n) is 9.55. The van der Waals surface area contributed by atoms with Gasteiger partial charge in [0, 0.05) is 24.8 Å². The van der Waals surface area contributed by atoms with Crippen molar-refractivity contribution in [2.24, 2.45) is 0 Å². The highest BCUT2D eigenvalue weighted by Crippen LogP contribution is 2.28. The van der Waals surface area contributed by atoms with Crippen LogP contribution in [0.3, 0.4) is 0 Å². The molecule has 142 valence electrons. The quantitative estimate of drug-likeness (QED) is 0.564. The van der Waals surface area contributed by atoms with E-state index in [1.165, 1.54) is 22.4 Å². The molecule has 2 aromatic carbocycles. The van der Waals surface area contributed by atoms with Crippen LogP contribution in [-0.4, -0.2) is 28.4 Å². The maximum Gasteiger partial charge on any atom is 0.200 e. The van der Waals surface area contributed by atoms with E-state index < -0.39 is 0 Å². The van der Waals surface area contributed by atoms with E-state index in [4.69, 9.17) is 12.2 Å². The molecule has 1 aromatic heterocycles. The van der Waals surface area contributed by atoms with Crippen LogP contribution in [-0.2, 0) is 6.42 Å². The molecule has 0 fully saturated rings. The molecule has 0 spiro atoms. The molecule has 0 saturated carbocycles. The van der Waals surface area contributed by atoms with Gasteiger partial charge in [-0.15, -0.1) is 0 Å². The van der Waals surface area contributed by atoms with E-state index in [1.807, 2.05) is 4.57 Å². The molecular formula is C22H28N4S. The zero-order chi connectivity index (χ0) is 19.6. The Balaban J connectivity index is 2.07. The fourth-order valence-corrected chi connectivity index (χ4v) is 3.79. The van der Waals surface area contributed by atoms with E-state index in [2.05, 4.69) is 86.2 Å². The number of benzene rings is 2. The Morgan fingerprint density at radius 2 is 1.78 bits per heavy atom. The largest absolute Gasteiger partial charge is 0.375 e. The maximum absolute atomic E-state index is 5.55. The number of H-pyrrole nitrogens is 1. The molecule has 0 aliphatic carbocycles. The first-order chi connectivity index (χ1) is 13.0. The molecule has 3 rings (SSSR count). The van der Waals surface area contributed by atoms with Crippen LogP contribution in [0.1, 0.15) is 37.0 Å². The van der Waals surface area contributed by atoms with E-state index in [1.54, 1.807) is 0 Å². The Bertz CT molecular complexity index is 983. The van der Waals surface area contributed by atoms with Crippen LogP contribution in [0, 0.1) is 18.6 Å². The maximum atomic E-state index is 5.55. The molecule has 0 bridgehead atoms. The van der Waals surface area contributed by atoms with Crippen LogP contribution in [0.15, 0.2) is 36.4 Å².